The van der Waals surface area contributed by atoms with E-state index in [4.69, 9.17) is 0 Å². The molecule has 0 radical (unpaired) electrons. The highest BCUT2D eigenvalue weighted by atomic mass is 16.2. The molecular formula is C22H23N5O2. The Balaban J connectivity index is 1.41. The highest BCUT2D eigenvalue weighted by Gasteiger charge is 2.23. The molecule has 0 bridgehead atoms. The van der Waals surface area contributed by atoms with Gasteiger partial charge in [0, 0.05) is 44.4 Å². The average molecular weight is 389 g/mol. The summed E-state index contributed by atoms with van der Waals surface area (Å²) in [6, 6.07) is 21.1. The Bertz CT molecular complexity index is 1010. The topological polar surface area (TPSA) is 81.3 Å². The van der Waals surface area contributed by atoms with Crippen LogP contribution in [0.3, 0.4) is 0 Å². The van der Waals surface area contributed by atoms with E-state index in [1.165, 1.54) is 0 Å². The molecule has 2 amide bonds. The summed E-state index contributed by atoms with van der Waals surface area (Å²) in [6.45, 7) is 2.97. The molecule has 2 heterocycles. The van der Waals surface area contributed by atoms with Crippen LogP contribution in [0.15, 0.2) is 71.5 Å². The number of carbonyl (C=O) groups is 1. The van der Waals surface area contributed by atoms with Crippen LogP contribution < -0.4 is 15.8 Å². The van der Waals surface area contributed by atoms with Gasteiger partial charge >= 0.3 is 6.03 Å². The van der Waals surface area contributed by atoms with E-state index in [1.807, 2.05) is 65.6 Å². The van der Waals surface area contributed by atoms with Crippen molar-refractivity contribution in [1.29, 1.82) is 0 Å². The number of piperazine rings is 1. The summed E-state index contributed by atoms with van der Waals surface area (Å²) in [5.74, 6) is 0. The van der Waals surface area contributed by atoms with Crippen LogP contribution in [0, 0.1) is 0 Å². The van der Waals surface area contributed by atoms with Crippen molar-refractivity contribution >= 4 is 11.7 Å². The fraction of sp³-hybridized carbons (Fsp3) is 0.227. The third-order valence-electron chi connectivity index (χ3n) is 5.03. The minimum absolute atomic E-state index is 0.0687. The third-order valence-corrected chi connectivity index (χ3v) is 5.03. The van der Waals surface area contributed by atoms with Crippen LogP contribution in [0.5, 0.6) is 0 Å². The summed E-state index contributed by atoms with van der Waals surface area (Å²) in [6.07, 6.45) is 0. The molecule has 1 fully saturated rings. The molecule has 3 aromatic rings. The van der Waals surface area contributed by atoms with E-state index in [2.05, 4.69) is 20.4 Å². The molecule has 7 nitrogen and oxygen atoms in total. The molecule has 1 aromatic heterocycles. The van der Waals surface area contributed by atoms with Gasteiger partial charge in [0.2, 0.25) is 0 Å². The summed E-state index contributed by atoms with van der Waals surface area (Å²) in [7, 11) is 0. The Morgan fingerprint density at radius 1 is 0.966 bits per heavy atom. The van der Waals surface area contributed by atoms with E-state index in [1.54, 1.807) is 6.07 Å². The largest absolute Gasteiger partial charge is 0.366 e. The molecular weight excluding hydrogens is 366 g/mol. The van der Waals surface area contributed by atoms with Gasteiger partial charge in [-0.2, -0.15) is 5.10 Å². The van der Waals surface area contributed by atoms with Gasteiger partial charge in [-0.05, 0) is 5.56 Å². The molecule has 148 valence electrons. The highest BCUT2D eigenvalue weighted by molar-refractivity contribution is 5.76. The summed E-state index contributed by atoms with van der Waals surface area (Å²) in [4.78, 5) is 28.3. The lowest BCUT2D eigenvalue weighted by atomic mass is 10.1. The Labute approximate surface area is 169 Å². The van der Waals surface area contributed by atoms with E-state index in [9.17, 15) is 9.59 Å². The van der Waals surface area contributed by atoms with Crippen LogP contribution in [0.1, 0.15) is 5.56 Å². The van der Waals surface area contributed by atoms with Crippen molar-refractivity contribution in [3.63, 3.8) is 0 Å². The first kappa shape index (κ1) is 18.7. The lowest BCUT2D eigenvalue weighted by Gasteiger charge is -2.36. The van der Waals surface area contributed by atoms with Gasteiger partial charge in [0.15, 0.2) is 0 Å². The predicted octanol–water partition coefficient (Wildman–Crippen LogP) is 2.47. The number of nitrogens with zero attached hydrogens (tertiary/aromatic N) is 3. The molecule has 0 unspecified atom stereocenters. The van der Waals surface area contributed by atoms with Crippen molar-refractivity contribution in [2.45, 2.75) is 6.54 Å². The standard InChI is InChI=1S/C22H23N5O2/c28-20-15-19(21(25-24-20)18-9-5-2-6-10-18)26-11-13-27(14-12-26)22(29)23-16-17-7-3-1-4-8-17/h1-10,15H,11-14,16H2,(H,23,29)(H,24,28). The predicted molar refractivity (Wildman–Crippen MR) is 113 cm³/mol. The Morgan fingerprint density at radius 3 is 2.31 bits per heavy atom. The molecule has 1 aliphatic rings. The highest BCUT2D eigenvalue weighted by Crippen LogP contribution is 2.27. The molecule has 4 rings (SSSR count). The zero-order valence-corrected chi connectivity index (χ0v) is 16.0. The number of hydrogen-bond donors (Lipinski definition) is 2. The molecule has 1 saturated heterocycles. The third kappa shape index (κ3) is 4.45. The van der Waals surface area contributed by atoms with Crippen LogP contribution in [0.4, 0.5) is 10.5 Å². The first-order valence-electron chi connectivity index (χ1n) is 9.67. The second kappa shape index (κ2) is 8.60. The molecule has 2 N–H and O–H groups in total. The molecule has 0 spiro atoms. The van der Waals surface area contributed by atoms with Crippen LogP contribution in [0.2, 0.25) is 0 Å². The lowest BCUT2D eigenvalue weighted by Crippen LogP contribution is -2.52. The summed E-state index contributed by atoms with van der Waals surface area (Å²) < 4.78 is 0. The molecule has 29 heavy (non-hydrogen) atoms. The Morgan fingerprint density at radius 2 is 1.62 bits per heavy atom. The fourth-order valence-corrected chi connectivity index (χ4v) is 3.48. The number of nitrogens with one attached hydrogen (secondary N) is 2. The quantitative estimate of drug-likeness (QED) is 0.718. The van der Waals surface area contributed by atoms with E-state index in [-0.39, 0.29) is 11.6 Å². The number of aromatic amines is 1. The average Bonchev–Trinajstić information content (AvgIpc) is 2.79. The Kier molecular flexibility index (Phi) is 5.56. The van der Waals surface area contributed by atoms with Crippen molar-refractivity contribution in [2.24, 2.45) is 0 Å². The molecule has 7 heteroatoms. The van der Waals surface area contributed by atoms with Gasteiger partial charge in [-0.15, -0.1) is 0 Å². The van der Waals surface area contributed by atoms with Crippen molar-refractivity contribution in [2.75, 3.05) is 31.1 Å². The maximum Gasteiger partial charge on any atom is 0.317 e. The van der Waals surface area contributed by atoms with Gasteiger partial charge in [-0.3, -0.25) is 4.79 Å². The summed E-state index contributed by atoms with van der Waals surface area (Å²) in [5.41, 5.74) is 3.32. The van der Waals surface area contributed by atoms with Crippen LogP contribution >= 0.6 is 0 Å². The van der Waals surface area contributed by atoms with Crippen LogP contribution in [-0.2, 0) is 6.54 Å². The first-order chi connectivity index (χ1) is 14.2. The number of hydrogen-bond acceptors (Lipinski definition) is 4. The number of aromatic nitrogens is 2. The molecule has 1 aliphatic heterocycles. The van der Waals surface area contributed by atoms with E-state index in [0.29, 0.717) is 32.7 Å². The van der Waals surface area contributed by atoms with Gasteiger partial charge in [0.25, 0.3) is 5.56 Å². The number of H-pyrrole nitrogens is 1. The van der Waals surface area contributed by atoms with Crippen molar-refractivity contribution in [3.05, 3.63) is 82.6 Å². The minimum Gasteiger partial charge on any atom is -0.366 e. The Hall–Kier alpha value is -3.61. The monoisotopic (exact) mass is 389 g/mol. The number of carbonyl (C=O) groups excluding carboxylic acids is 1. The molecule has 0 atom stereocenters. The summed E-state index contributed by atoms with van der Waals surface area (Å²) in [5, 5.41) is 9.77. The zero-order valence-electron chi connectivity index (χ0n) is 16.0. The minimum atomic E-state index is -0.234. The number of benzene rings is 2. The SMILES string of the molecule is O=C(NCc1ccccc1)N1CCN(c2cc(=O)[nH]nc2-c2ccccc2)CC1. The van der Waals surface area contributed by atoms with Gasteiger partial charge in [0.05, 0.1) is 5.69 Å². The van der Waals surface area contributed by atoms with Crippen molar-refractivity contribution in [1.82, 2.24) is 20.4 Å². The smallest absolute Gasteiger partial charge is 0.317 e. The molecule has 0 saturated carbocycles. The number of anilines is 1. The first-order valence-corrected chi connectivity index (χ1v) is 9.67. The van der Waals surface area contributed by atoms with E-state index < -0.39 is 0 Å². The fourth-order valence-electron chi connectivity index (χ4n) is 3.48. The van der Waals surface area contributed by atoms with Gasteiger partial charge in [-0.1, -0.05) is 60.7 Å². The maximum absolute atomic E-state index is 12.5. The second-order valence-electron chi connectivity index (χ2n) is 6.95. The summed E-state index contributed by atoms with van der Waals surface area (Å²) >= 11 is 0. The van der Waals surface area contributed by atoms with E-state index >= 15 is 0 Å². The molecule has 2 aromatic carbocycles. The van der Waals surface area contributed by atoms with Gasteiger partial charge in [-0.25, -0.2) is 9.89 Å². The maximum atomic E-state index is 12.5. The van der Waals surface area contributed by atoms with E-state index in [0.717, 1.165) is 22.5 Å². The molecule has 0 aliphatic carbocycles. The van der Waals surface area contributed by atoms with Gasteiger partial charge in [0.1, 0.15) is 5.69 Å². The van der Waals surface area contributed by atoms with Gasteiger partial charge < -0.3 is 15.1 Å². The zero-order chi connectivity index (χ0) is 20.1. The van der Waals surface area contributed by atoms with Crippen molar-refractivity contribution in [3.8, 4) is 11.3 Å². The second-order valence-corrected chi connectivity index (χ2v) is 6.95. The number of urea groups is 1. The lowest BCUT2D eigenvalue weighted by molar-refractivity contribution is 0.194. The number of rotatable bonds is 4. The van der Waals surface area contributed by atoms with Crippen LogP contribution in [-0.4, -0.2) is 47.3 Å². The van der Waals surface area contributed by atoms with Crippen molar-refractivity contribution < 1.29 is 4.79 Å². The van der Waals surface area contributed by atoms with Crippen LogP contribution in [0.25, 0.3) is 11.3 Å². The number of amides is 2. The normalized spacial score (nSPS) is 13.9.